The third-order valence-corrected chi connectivity index (χ3v) is 4.93. The van der Waals surface area contributed by atoms with E-state index in [1.165, 1.54) is 0 Å². The first-order valence-electron chi connectivity index (χ1n) is 8.38. The van der Waals surface area contributed by atoms with E-state index in [1.54, 1.807) is 30.0 Å². The third kappa shape index (κ3) is 3.35. The van der Waals surface area contributed by atoms with Gasteiger partial charge in [0.05, 0.1) is 17.1 Å². The Bertz CT molecular complexity index is 908. The first-order chi connectivity index (χ1) is 12.7. The van der Waals surface area contributed by atoms with E-state index in [1.807, 2.05) is 24.3 Å². The lowest BCUT2D eigenvalue weighted by molar-refractivity contribution is 0.0933. The van der Waals surface area contributed by atoms with Crippen LogP contribution >= 0.6 is 11.8 Å². The van der Waals surface area contributed by atoms with E-state index < -0.39 is 0 Å². The smallest absolute Gasteiger partial charge is 0.252 e. The summed E-state index contributed by atoms with van der Waals surface area (Å²) < 4.78 is 10.7. The Morgan fingerprint density at radius 3 is 2.96 bits per heavy atom. The first-order valence-corrected chi connectivity index (χ1v) is 9.78. The maximum atomic E-state index is 12.8. The number of aromatic nitrogens is 2. The van der Waals surface area contributed by atoms with Gasteiger partial charge in [0, 0.05) is 5.56 Å². The molecule has 2 N–H and O–H groups in total. The molecule has 3 aromatic rings. The van der Waals surface area contributed by atoms with Gasteiger partial charge in [-0.2, -0.15) is 11.8 Å². The lowest BCUT2D eigenvalue weighted by atomic mass is 10.1. The van der Waals surface area contributed by atoms with E-state index in [9.17, 15) is 4.79 Å². The predicted molar refractivity (Wildman–Crippen MR) is 102 cm³/mol. The molecule has 134 valence electrons. The van der Waals surface area contributed by atoms with Gasteiger partial charge in [-0.05, 0) is 48.8 Å². The molecular formula is C19H19N3O3S. The molecule has 7 heteroatoms. The Balaban J connectivity index is 1.57. The highest BCUT2D eigenvalue weighted by Gasteiger charge is 2.21. The summed E-state index contributed by atoms with van der Waals surface area (Å²) in [5, 5.41) is 3.09. The van der Waals surface area contributed by atoms with Crippen molar-refractivity contribution in [2.75, 3.05) is 18.8 Å². The molecule has 4 rings (SSSR count). The topological polar surface area (TPSA) is 76.2 Å². The summed E-state index contributed by atoms with van der Waals surface area (Å²) in [6.07, 6.45) is 2.84. The second kappa shape index (κ2) is 7.29. The number of carbonyl (C=O) groups is 1. The number of thioether (sulfide) groups is 1. The fourth-order valence-corrected chi connectivity index (χ4v) is 3.40. The third-order valence-electron chi connectivity index (χ3n) is 4.29. The minimum absolute atomic E-state index is 0.158. The molecule has 0 bridgehead atoms. The van der Waals surface area contributed by atoms with Crippen LogP contribution in [0.4, 0.5) is 0 Å². The largest absolute Gasteiger partial charge is 0.454 e. The average molecular weight is 369 g/mol. The van der Waals surface area contributed by atoms with Crippen LogP contribution in [0.2, 0.25) is 0 Å². The number of rotatable bonds is 6. The van der Waals surface area contributed by atoms with E-state index in [0.29, 0.717) is 17.1 Å². The minimum Gasteiger partial charge on any atom is -0.454 e. The van der Waals surface area contributed by atoms with Gasteiger partial charge < -0.3 is 19.8 Å². The van der Waals surface area contributed by atoms with Crippen LogP contribution in [-0.2, 0) is 0 Å². The highest BCUT2D eigenvalue weighted by atomic mass is 32.2. The summed E-state index contributed by atoms with van der Waals surface area (Å²) in [4.78, 5) is 20.7. The van der Waals surface area contributed by atoms with E-state index in [-0.39, 0.29) is 18.7 Å². The zero-order valence-electron chi connectivity index (χ0n) is 14.3. The number of nitrogens with zero attached hydrogens (tertiary/aromatic N) is 1. The summed E-state index contributed by atoms with van der Waals surface area (Å²) in [6.45, 7) is 0.190. The number of carbonyl (C=O) groups excluding carboxylic acids is 1. The first kappa shape index (κ1) is 16.8. The quantitative estimate of drug-likeness (QED) is 0.695. The normalized spacial score (nSPS) is 13.7. The number of nitrogens with one attached hydrogen (secondary N) is 2. The molecule has 2 aromatic carbocycles. The number of hydrogen-bond acceptors (Lipinski definition) is 5. The zero-order chi connectivity index (χ0) is 17.9. The maximum absolute atomic E-state index is 12.8. The van der Waals surface area contributed by atoms with Crippen molar-refractivity contribution in [3.63, 3.8) is 0 Å². The second-order valence-corrected chi connectivity index (χ2v) is 7.00. The van der Waals surface area contributed by atoms with Crippen molar-refractivity contribution in [1.29, 1.82) is 0 Å². The molecule has 1 atom stereocenters. The number of ether oxygens (including phenoxy) is 2. The van der Waals surface area contributed by atoms with Crippen LogP contribution in [0.3, 0.4) is 0 Å². The van der Waals surface area contributed by atoms with Crippen molar-refractivity contribution in [3.05, 3.63) is 53.9 Å². The number of aromatic amines is 1. The van der Waals surface area contributed by atoms with Gasteiger partial charge in [0.15, 0.2) is 11.5 Å². The lowest BCUT2D eigenvalue weighted by Crippen LogP contribution is -2.29. The minimum atomic E-state index is -0.187. The van der Waals surface area contributed by atoms with Gasteiger partial charge in [0.25, 0.3) is 5.91 Å². The molecule has 0 unspecified atom stereocenters. The second-order valence-electron chi connectivity index (χ2n) is 6.01. The van der Waals surface area contributed by atoms with Crippen LogP contribution in [0.1, 0.15) is 28.6 Å². The predicted octanol–water partition coefficient (Wildman–Crippen LogP) is 3.52. The van der Waals surface area contributed by atoms with Crippen molar-refractivity contribution in [2.24, 2.45) is 0 Å². The Morgan fingerprint density at radius 2 is 2.12 bits per heavy atom. The SMILES string of the molecule is CSCC[C@H](NC(=O)c1ccc2c(c1)OCO2)c1nc2ccccc2[nH]1. The number of benzene rings is 2. The number of imidazole rings is 1. The Kier molecular flexibility index (Phi) is 4.71. The van der Waals surface area contributed by atoms with E-state index >= 15 is 0 Å². The van der Waals surface area contributed by atoms with E-state index in [2.05, 4.69) is 21.5 Å². The monoisotopic (exact) mass is 369 g/mol. The molecule has 0 spiro atoms. The van der Waals surface area contributed by atoms with Crippen LogP contribution in [0.15, 0.2) is 42.5 Å². The fraction of sp³-hybridized carbons (Fsp3) is 0.263. The lowest BCUT2D eigenvalue weighted by Gasteiger charge is -2.16. The number of H-pyrrole nitrogens is 1. The summed E-state index contributed by atoms with van der Waals surface area (Å²) in [5.41, 5.74) is 2.41. The number of para-hydroxylation sites is 2. The van der Waals surface area contributed by atoms with Crippen LogP contribution in [0.25, 0.3) is 11.0 Å². The molecule has 1 amide bonds. The summed E-state index contributed by atoms with van der Waals surface area (Å²) in [5.74, 6) is 2.80. The Labute approximate surface area is 155 Å². The van der Waals surface area contributed by atoms with Crippen LogP contribution in [0, 0.1) is 0 Å². The molecule has 1 aliphatic rings. The van der Waals surface area contributed by atoms with Gasteiger partial charge in [-0.15, -0.1) is 0 Å². The highest BCUT2D eigenvalue weighted by Crippen LogP contribution is 2.32. The summed E-state index contributed by atoms with van der Waals surface area (Å²) in [6, 6.07) is 12.9. The Morgan fingerprint density at radius 1 is 1.27 bits per heavy atom. The molecule has 6 nitrogen and oxygen atoms in total. The van der Waals surface area contributed by atoms with Crippen molar-refractivity contribution < 1.29 is 14.3 Å². The van der Waals surface area contributed by atoms with Gasteiger partial charge in [0.2, 0.25) is 6.79 Å². The van der Waals surface area contributed by atoms with Gasteiger partial charge >= 0.3 is 0 Å². The van der Waals surface area contributed by atoms with Crippen molar-refractivity contribution in [2.45, 2.75) is 12.5 Å². The average Bonchev–Trinajstić information content (AvgIpc) is 3.30. The number of amides is 1. The Hall–Kier alpha value is -2.67. The van der Waals surface area contributed by atoms with Gasteiger partial charge in [-0.1, -0.05) is 12.1 Å². The molecule has 0 aliphatic carbocycles. The zero-order valence-corrected chi connectivity index (χ0v) is 15.1. The molecule has 0 saturated carbocycles. The van der Waals surface area contributed by atoms with Gasteiger partial charge in [-0.25, -0.2) is 4.98 Å². The van der Waals surface area contributed by atoms with Crippen LogP contribution in [0.5, 0.6) is 11.5 Å². The standard InChI is InChI=1S/C19H19N3O3S/c1-26-9-8-15(18-20-13-4-2-3-5-14(13)21-18)22-19(23)12-6-7-16-17(10-12)25-11-24-16/h2-7,10,15H,8-9,11H2,1H3,(H,20,21)(H,22,23)/t15-/m0/s1. The molecule has 26 heavy (non-hydrogen) atoms. The van der Waals surface area contributed by atoms with Crippen molar-refractivity contribution in [1.82, 2.24) is 15.3 Å². The van der Waals surface area contributed by atoms with Gasteiger partial charge in [0.1, 0.15) is 5.82 Å². The number of fused-ring (bicyclic) bond motifs is 2. The fourth-order valence-electron chi connectivity index (χ4n) is 2.93. The highest BCUT2D eigenvalue weighted by molar-refractivity contribution is 7.98. The van der Waals surface area contributed by atoms with Crippen molar-refractivity contribution >= 4 is 28.7 Å². The molecule has 0 fully saturated rings. The van der Waals surface area contributed by atoms with Crippen molar-refractivity contribution in [3.8, 4) is 11.5 Å². The molecule has 1 aliphatic heterocycles. The van der Waals surface area contributed by atoms with E-state index in [4.69, 9.17) is 9.47 Å². The summed E-state index contributed by atoms with van der Waals surface area (Å²) >= 11 is 1.74. The molecular weight excluding hydrogens is 350 g/mol. The molecule has 1 aromatic heterocycles. The molecule has 2 heterocycles. The molecule has 0 radical (unpaired) electrons. The van der Waals surface area contributed by atoms with Crippen LogP contribution in [-0.4, -0.2) is 34.7 Å². The summed E-state index contributed by atoms with van der Waals surface area (Å²) in [7, 11) is 0. The van der Waals surface area contributed by atoms with E-state index in [0.717, 1.165) is 29.0 Å². The maximum Gasteiger partial charge on any atom is 0.252 e. The molecule has 0 saturated heterocycles. The van der Waals surface area contributed by atoms with Gasteiger partial charge in [-0.3, -0.25) is 4.79 Å². The van der Waals surface area contributed by atoms with Crippen LogP contribution < -0.4 is 14.8 Å². The number of hydrogen-bond donors (Lipinski definition) is 2.